The second-order valence-corrected chi connectivity index (χ2v) is 5.23. The Morgan fingerprint density at radius 3 is 2.07 bits per heavy atom. The average Bonchev–Trinajstić information content (AvgIpc) is 2.01. The first-order valence-electron chi connectivity index (χ1n) is 3.56. The molecule has 0 saturated carbocycles. The van der Waals surface area contributed by atoms with Gasteiger partial charge >= 0.3 is 10.2 Å². The van der Waals surface area contributed by atoms with Crippen molar-refractivity contribution in [3.8, 4) is 0 Å². The van der Waals surface area contributed by atoms with Crippen LogP contribution in [0.5, 0.6) is 0 Å². The predicted molar refractivity (Wildman–Crippen MR) is 45.7 cm³/mol. The fourth-order valence-electron chi connectivity index (χ4n) is 0.912. The molecule has 0 radical (unpaired) electrons. The molecule has 1 aromatic rings. The topological polar surface area (TPSA) is 26.0 Å². The van der Waals surface area contributed by atoms with Crippen LogP contribution in [0.25, 0.3) is 0 Å². The first-order chi connectivity index (χ1) is 6.03. The molecular formula is C7H8F5NS. The van der Waals surface area contributed by atoms with Crippen molar-refractivity contribution in [1.29, 1.82) is 0 Å². The van der Waals surface area contributed by atoms with E-state index in [4.69, 9.17) is 5.73 Å². The molecular weight excluding hydrogens is 225 g/mol. The molecule has 0 aliphatic heterocycles. The molecule has 7 heteroatoms. The van der Waals surface area contributed by atoms with Crippen LogP contribution < -0.4 is 5.73 Å². The van der Waals surface area contributed by atoms with E-state index in [1.165, 1.54) is 6.07 Å². The average molecular weight is 233 g/mol. The van der Waals surface area contributed by atoms with E-state index in [1.54, 1.807) is 0 Å². The van der Waals surface area contributed by atoms with Gasteiger partial charge in [0, 0.05) is 6.54 Å². The summed E-state index contributed by atoms with van der Waals surface area (Å²) >= 11 is 0. The molecule has 1 nitrogen and oxygen atoms in total. The van der Waals surface area contributed by atoms with Crippen LogP contribution in [0.15, 0.2) is 29.2 Å². The van der Waals surface area contributed by atoms with Crippen molar-refractivity contribution < 1.29 is 19.4 Å². The Morgan fingerprint density at radius 1 is 1.07 bits per heavy atom. The van der Waals surface area contributed by atoms with Crippen molar-refractivity contribution in [2.45, 2.75) is 11.4 Å². The number of nitrogens with two attached hydrogens (primary N) is 1. The third-order valence-corrected chi connectivity index (χ3v) is 2.72. The molecule has 82 valence electrons. The van der Waals surface area contributed by atoms with Crippen LogP contribution in [-0.2, 0) is 6.54 Å². The third-order valence-electron chi connectivity index (χ3n) is 1.58. The van der Waals surface area contributed by atoms with E-state index in [2.05, 4.69) is 0 Å². The lowest BCUT2D eigenvalue weighted by molar-refractivity contribution is 0.364. The number of hydrogen-bond acceptors (Lipinski definition) is 1. The second kappa shape index (κ2) is 2.40. The van der Waals surface area contributed by atoms with Gasteiger partial charge in [0.05, 0.1) is 0 Å². The van der Waals surface area contributed by atoms with E-state index >= 15 is 0 Å². The standard InChI is InChI=1S/C7H8F5NS/c8-14(9,10,11,12)7-3-1-2-6(4-7)5-13/h1-4H,5,13H2. The Bertz CT molecular complexity index is 357. The van der Waals surface area contributed by atoms with Crippen LogP contribution in [0.2, 0.25) is 0 Å². The maximum absolute atomic E-state index is 12.2. The van der Waals surface area contributed by atoms with Crippen LogP contribution in [0.1, 0.15) is 5.56 Å². The maximum atomic E-state index is 12.2. The van der Waals surface area contributed by atoms with Gasteiger partial charge in [-0.15, -0.1) is 0 Å². The number of rotatable bonds is 2. The molecule has 0 aromatic heterocycles. The Kier molecular flexibility index (Phi) is 1.93. The molecule has 0 atom stereocenters. The molecule has 14 heavy (non-hydrogen) atoms. The summed E-state index contributed by atoms with van der Waals surface area (Å²) < 4.78 is 61.1. The van der Waals surface area contributed by atoms with Gasteiger partial charge in [0.1, 0.15) is 4.90 Å². The lowest BCUT2D eigenvalue weighted by atomic mass is 10.2. The molecule has 0 aliphatic rings. The number of halogens is 5. The van der Waals surface area contributed by atoms with Gasteiger partial charge in [-0.1, -0.05) is 31.6 Å². The summed E-state index contributed by atoms with van der Waals surface area (Å²) in [6, 6.07) is 2.89. The van der Waals surface area contributed by atoms with E-state index in [9.17, 15) is 19.4 Å². The van der Waals surface area contributed by atoms with E-state index in [-0.39, 0.29) is 12.1 Å². The SMILES string of the molecule is NCc1cccc(S(F)(F)(F)(F)F)c1. The molecule has 0 heterocycles. The van der Waals surface area contributed by atoms with Gasteiger partial charge in [-0.2, -0.15) is 0 Å². The summed E-state index contributed by atoms with van der Waals surface area (Å²) in [6.07, 6.45) is 0. The number of benzene rings is 1. The van der Waals surface area contributed by atoms with Crippen molar-refractivity contribution >= 4 is 10.2 Å². The van der Waals surface area contributed by atoms with Gasteiger partial charge in [-0.3, -0.25) is 0 Å². The maximum Gasteiger partial charge on any atom is 0.310 e. The van der Waals surface area contributed by atoms with Gasteiger partial charge in [0.2, 0.25) is 0 Å². The van der Waals surface area contributed by atoms with Crippen molar-refractivity contribution in [2.75, 3.05) is 0 Å². The molecule has 0 aliphatic carbocycles. The summed E-state index contributed by atoms with van der Waals surface area (Å²) in [4.78, 5) is -1.90. The summed E-state index contributed by atoms with van der Waals surface area (Å²) in [6.45, 7) is -0.207. The zero-order valence-electron chi connectivity index (χ0n) is 6.89. The number of hydrogen-bond donors (Lipinski definition) is 1. The molecule has 0 spiro atoms. The van der Waals surface area contributed by atoms with Crippen molar-refractivity contribution in [2.24, 2.45) is 5.73 Å². The highest BCUT2D eigenvalue weighted by atomic mass is 32.5. The normalized spacial score (nSPS) is 17.3. The van der Waals surface area contributed by atoms with Crippen LogP contribution in [0.4, 0.5) is 19.4 Å². The fourth-order valence-corrected chi connectivity index (χ4v) is 1.62. The van der Waals surface area contributed by atoms with Crippen LogP contribution in [-0.4, -0.2) is 0 Å². The van der Waals surface area contributed by atoms with Crippen LogP contribution in [0.3, 0.4) is 0 Å². The molecule has 0 bridgehead atoms. The Labute approximate surface area is 77.4 Å². The minimum atomic E-state index is -9.54. The smallest absolute Gasteiger partial charge is 0.310 e. The largest absolute Gasteiger partial charge is 0.326 e. The van der Waals surface area contributed by atoms with E-state index < -0.39 is 15.1 Å². The van der Waals surface area contributed by atoms with Crippen molar-refractivity contribution in [3.63, 3.8) is 0 Å². The molecule has 0 unspecified atom stereocenters. The third kappa shape index (κ3) is 2.58. The zero-order valence-corrected chi connectivity index (χ0v) is 7.71. The first-order valence-corrected chi connectivity index (χ1v) is 5.51. The van der Waals surface area contributed by atoms with Gasteiger partial charge in [0.25, 0.3) is 0 Å². The lowest BCUT2D eigenvalue weighted by Crippen LogP contribution is -2.07. The van der Waals surface area contributed by atoms with Crippen LogP contribution >= 0.6 is 10.2 Å². The van der Waals surface area contributed by atoms with Gasteiger partial charge in [-0.25, -0.2) is 0 Å². The molecule has 1 aromatic carbocycles. The lowest BCUT2D eigenvalue weighted by Gasteiger charge is -2.40. The Balaban J connectivity index is 3.35. The summed E-state index contributed by atoms with van der Waals surface area (Å²) in [7, 11) is -9.54. The van der Waals surface area contributed by atoms with E-state index in [0.29, 0.717) is 12.1 Å². The summed E-state index contributed by atoms with van der Waals surface area (Å²) in [5, 5.41) is 0. The van der Waals surface area contributed by atoms with Crippen molar-refractivity contribution in [1.82, 2.24) is 0 Å². The van der Waals surface area contributed by atoms with Gasteiger partial charge in [-0.05, 0) is 17.7 Å². The van der Waals surface area contributed by atoms with E-state index in [1.807, 2.05) is 0 Å². The summed E-state index contributed by atoms with van der Waals surface area (Å²) in [5.74, 6) is 0. The minimum Gasteiger partial charge on any atom is -0.326 e. The molecule has 1 rings (SSSR count). The Morgan fingerprint density at radius 2 is 1.64 bits per heavy atom. The molecule has 0 fully saturated rings. The van der Waals surface area contributed by atoms with Crippen LogP contribution in [0, 0.1) is 0 Å². The molecule has 0 saturated heterocycles. The highest BCUT2D eigenvalue weighted by Gasteiger charge is 2.65. The fraction of sp³-hybridized carbons (Fsp3) is 0.143. The monoisotopic (exact) mass is 233 g/mol. The molecule has 0 amide bonds. The first kappa shape index (κ1) is 11.3. The summed E-state index contributed by atoms with van der Waals surface area (Å²) in [5.41, 5.74) is 5.07. The highest BCUT2D eigenvalue weighted by Crippen LogP contribution is 3.02. The van der Waals surface area contributed by atoms with Gasteiger partial charge < -0.3 is 5.73 Å². The van der Waals surface area contributed by atoms with Crippen molar-refractivity contribution in [3.05, 3.63) is 29.8 Å². The second-order valence-electron chi connectivity index (χ2n) is 2.82. The Hall–Kier alpha value is -0.820. The minimum absolute atomic E-state index is 0.0238. The zero-order chi connectivity index (χ0) is 11.1. The highest BCUT2D eigenvalue weighted by molar-refractivity contribution is 8.45. The van der Waals surface area contributed by atoms with E-state index in [0.717, 1.165) is 6.07 Å². The quantitative estimate of drug-likeness (QED) is 0.772. The molecule has 2 N–H and O–H groups in total. The van der Waals surface area contributed by atoms with Gasteiger partial charge in [0.15, 0.2) is 0 Å². The predicted octanol–water partition coefficient (Wildman–Crippen LogP) is 3.80.